The fourth-order valence-corrected chi connectivity index (χ4v) is 2.46. The highest BCUT2D eigenvalue weighted by molar-refractivity contribution is 6.03. The van der Waals surface area contributed by atoms with Gasteiger partial charge in [-0.15, -0.1) is 0 Å². The predicted molar refractivity (Wildman–Crippen MR) is 97.7 cm³/mol. The van der Waals surface area contributed by atoms with Gasteiger partial charge in [0.2, 0.25) is 5.95 Å². The molecule has 2 aromatic heterocycles. The molecule has 2 N–H and O–H groups in total. The van der Waals surface area contributed by atoms with Crippen LogP contribution in [0, 0.1) is 6.92 Å². The Bertz CT molecular complexity index is 977. The number of para-hydroxylation sites is 1. The zero-order chi connectivity index (χ0) is 20.1. The summed E-state index contributed by atoms with van der Waals surface area (Å²) in [4.78, 5) is 24.9. The number of pyridine rings is 1. The van der Waals surface area contributed by atoms with Crippen molar-refractivity contribution in [2.45, 2.75) is 19.6 Å². The van der Waals surface area contributed by atoms with Crippen molar-refractivity contribution < 1.29 is 18.0 Å². The molecule has 0 saturated heterocycles. The molecule has 0 aliphatic heterocycles. The van der Waals surface area contributed by atoms with Crippen molar-refractivity contribution in [1.29, 1.82) is 0 Å². The van der Waals surface area contributed by atoms with Crippen molar-refractivity contribution >= 4 is 17.5 Å². The summed E-state index contributed by atoms with van der Waals surface area (Å²) in [5.74, 6) is -0.581. The summed E-state index contributed by atoms with van der Waals surface area (Å²) in [7, 11) is 0. The first-order valence-corrected chi connectivity index (χ1v) is 8.30. The first kappa shape index (κ1) is 19.3. The number of amides is 1. The maximum atomic E-state index is 13.1. The molecular formula is C19H16F3N5O. The van der Waals surface area contributed by atoms with Crippen LogP contribution in [-0.4, -0.2) is 20.9 Å². The number of anilines is 2. The van der Waals surface area contributed by atoms with Crippen LogP contribution in [0.4, 0.5) is 24.8 Å². The quantitative estimate of drug-likeness (QED) is 0.690. The number of carbonyl (C=O) groups excluding carboxylic acids is 1. The number of benzene rings is 1. The minimum atomic E-state index is -4.58. The van der Waals surface area contributed by atoms with Crippen molar-refractivity contribution in [2.75, 3.05) is 10.6 Å². The van der Waals surface area contributed by atoms with Crippen LogP contribution >= 0.6 is 0 Å². The van der Waals surface area contributed by atoms with E-state index in [4.69, 9.17) is 0 Å². The zero-order valence-electron chi connectivity index (χ0n) is 14.8. The fourth-order valence-electron chi connectivity index (χ4n) is 2.46. The van der Waals surface area contributed by atoms with Crippen LogP contribution < -0.4 is 10.6 Å². The molecule has 0 aliphatic rings. The highest BCUT2D eigenvalue weighted by atomic mass is 19.4. The van der Waals surface area contributed by atoms with Gasteiger partial charge < -0.3 is 10.6 Å². The van der Waals surface area contributed by atoms with E-state index < -0.39 is 17.6 Å². The monoisotopic (exact) mass is 387 g/mol. The number of hydrogen-bond donors (Lipinski definition) is 2. The largest absolute Gasteiger partial charge is 0.418 e. The van der Waals surface area contributed by atoms with Crippen LogP contribution in [0.15, 0.2) is 54.7 Å². The van der Waals surface area contributed by atoms with Gasteiger partial charge in [-0.3, -0.25) is 9.78 Å². The first-order chi connectivity index (χ1) is 13.3. The second-order valence-corrected chi connectivity index (χ2v) is 5.89. The number of alkyl halides is 3. The van der Waals surface area contributed by atoms with Gasteiger partial charge in [0.05, 0.1) is 23.5 Å². The van der Waals surface area contributed by atoms with Gasteiger partial charge >= 0.3 is 6.18 Å². The molecule has 0 fully saturated rings. The molecule has 144 valence electrons. The third kappa shape index (κ3) is 4.81. The molecule has 1 amide bonds. The molecule has 0 radical (unpaired) electrons. The van der Waals surface area contributed by atoms with Crippen LogP contribution in [-0.2, 0) is 12.7 Å². The van der Waals surface area contributed by atoms with Gasteiger partial charge in [0.1, 0.15) is 5.69 Å². The van der Waals surface area contributed by atoms with E-state index in [0.717, 1.165) is 11.8 Å². The summed E-state index contributed by atoms with van der Waals surface area (Å²) in [6.45, 7) is 2.00. The lowest BCUT2D eigenvalue weighted by atomic mass is 10.1. The van der Waals surface area contributed by atoms with Crippen molar-refractivity contribution in [3.8, 4) is 0 Å². The lowest BCUT2D eigenvalue weighted by Gasteiger charge is -2.13. The number of nitrogens with zero attached hydrogens (tertiary/aromatic N) is 3. The third-order valence-corrected chi connectivity index (χ3v) is 3.72. The Hall–Kier alpha value is -3.49. The number of halogens is 3. The van der Waals surface area contributed by atoms with E-state index in [1.807, 2.05) is 12.1 Å². The van der Waals surface area contributed by atoms with E-state index in [-0.39, 0.29) is 17.3 Å². The summed E-state index contributed by atoms with van der Waals surface area (Å²) in [6, 6.07) is 11.6. The summed E-state index contributed by atoms with van der Waals surface area (Å²) < 4.78 is 39.3. The van der Waals surface area contributed by atoms with E-state index in [9.17, 15) is 18.0 Å². The third-order valence-electron chi connectivity index (χ3n) is 3.72. The first-order valence-electron chi connectivity index (χ1n) is 8.30. The molecule has 0 saturated carbocycles. The van der Waals surface area contributed by atoms with E-state index in [0.29, 0.717) is 12.2 Å². The summed E-state index contributed by atoms with van der Waals surface area (Å²) >= 11 is 0. The number of hydrogen-bond acceptors (Lipinski definition) is 5. The number of rotatable bonds is 5. The van der Waals surface area contributed by atoms with E-state index >= 15 is 0 Å². The van der Waals surface area contributed by atoms with Gasteiger partial charge in [-0.1, -0.05) is 18.2 Å². The molecular weight excluding hydrogens is 371 g/mol. The Kier molecular flexibility index (Phi) is 5.53. The molecule has 1 aromatic carbocycles. The van der Waals surface area contributed by atoms with Gasteiger partial charge in [0, 0.05) is 11.9 Å². The Morgan fingerprint density at radius 3 is 2.54 bits per heavy atom. The molecule has 0 spiro atoms. The average molecular weight is 387 g/mol. The van der Waals surface area contributed by atoms with Gasteiger partial charge in [0.25, 0.3) is 5.91 Å². The van der Waals surface area contributed by atoms with Crippen molar-refractivity contribution in [2.24, 2.45) is 0 Å². The summed E-state index contributed by atoms with van der Waals surface area (Å²) in [5, 5.41) is 5.22. The van der Waals surface area contributed by atoms with Gasteiger partial charge in [-0.05, 0) is 37.3 Å². The predicted octanol–water partition coefficient (Wildman–Crippen LogP) is 4.06. The Balaban J connectivity index is 1.78. The normalized spacial score (nSPS) is 11.1. The van der Waals surface area contributed by atoms with Crippen LogP contribution in [0.1, 0.15) is 27.4 Å². The highest BCUT2D eigenvalue weighted by Gasteiger charge is 2.33. The minimum Gasteiger partial charge on any atom is -0.349 e. The molecule has 2 heterocycles. The van der Waals surface area contributed by atoms with E-state index in [1.165, 1.54) is 24.3 Å². The van der Waals surface area contributed by atoms with Gasteiger partial charge in [0.15, 0.2) is 0 Å². The SMILES string of the molecule is Cc1cc(C(=O)Nc2ccccc2C(F)(F)F)nc(NCc2ccccn2)n1. The lowest BCUT2D eigenvalue weighted by molar-refractivity contribution is -0.136. The number of nitrogens with one attached hydrogen (secondary N) is 2. The highest BCUT2D eigenvalue weighted by Crippen LogP contribution is 2.34. The second kappa shape index (κ2) is 8.03. The molecule has 0 atom stereocenters. The smallest absolute Gasteiger partial charge is 0.349 e. The van der Waals surface area contributed by atoms with Crippen LogP contribution in [0.3, 0.4) is 0 Å². The molecule has 0 aliphatic carbocycles. The van der Waals surface area contributed by atoms with E-state index in [1.54, 1.807) is 19.2 Å². The van der Waals surface area contributed by atoms with Crippen LogP contribution in [0.25, 0.3) is 0 Å². The van der Waals surface area contributed by atoms with Gasteiger partial charge in [-0.25, -0.2) is 9.97 Å². The maximum absolute atomic E-state index is 13.1. The Labute approximate surface area is 158 Å². The van der Waals surface area contributed by atoms with Crippen molar-refractivity contribution in [3.63, 3.8) is 0 Å². The molecule has 28 heavy (non-hydrogen) atoms. The van der Waals surface area contributed by atoms with Crippen LogP contribution in [0.5, 0.6) is 0 Å². The number of aryl methyl sites for hydroxylation is 1. The molecule has 6 nitrogen and oxygen atoms in total. The van der Waals surface area contributed by atoms with Crippen molar-refractivity contribution in [1.82, 2.24) is 15.0 Å². The number of aromatic nitrogens is 3. The number of carbonyl (C=O) groups is 1. The van der Waals surface area contributed by atoms with E-state index in [2.05, 4.69) is 25.6 Å². The zero-order valence-corrected chi connectivity index (χ0v) is 14.8. The minimum absolute atomic E-state index is 0.0481. The van der Waals surface area contributed by atoms with Crippen LogP contribution in [0.2, 0.25) is 0 Å². The second-order valence-electron chi connectivity index (χ2n) is 5.89. The summed E-state index contributed by atoms with van der Waals surface area (Å²) in [6.07, 6.45) is -2.94. The molecule has 0 bridgehead atoms. The lowest BCUT2D eigenvalue weighted by Crippen LogP contribution is -2.19. The topological polar surface area (TPSA) is 79.8 Å². The maximum Gasteiger partial charge on any atom is 0.418 e. The molecule has 3 rings (SSSR count). The van der Waals surface area contributed by atoms with Crippen molar-refractivity contribution in [3.05, 3.63) is 77.4 Å². The average Bonchev–Trinajstić information content (AvgIpc) is 2.66. The summed E-state index contributed by atoms with van der Waals surface area (Å²) in [5.41, 5.74) is -0.0691. The standard InChI is InChI=1S/C19H16F3N5O/c1-12-10-16(27-18(25-12)24-11-13-6-4-5-9-23-13)17(28)26-15-8-3-2-7-14(15)19(20,21)22/h2-10H,11H2,1H3,(H,26,28)(H,24,25,27). The molecule has 9 heteroatoms. The van der Waals surface area contributed by atoms with Gasteiger partial charge in [-0.2, -0.15) is 13.2 Å². The Morgan fingerprint density at radius 2 is 1.82 bits per heavy atom. The molecule has 3 aromatic rings. The molecule has 0 unspecified atom stereocenters. The Morgan fingerprint density at radius 1 is 1.07 bits per heavy atom. The fraction of sp³-hybridized carbons (Fsp3) is 0.158.